The van der Waals surface area contributed by atoms with Crippen molar-refractivity contribution in [3.8, 4) is 0 Å². The number of nitrogens with zero attached hydrogens (tertiary/aromatic N) is 1. The third kappa shape index (κ3) is 13.9. The second-order valence-electron chi connectivity index (χ2n) is 19.8. The Hall–Kier alpha value is -3.33. The van der Waals surface area contributed by atoms with Crippen LogP contribution >= 0.6 is 0 Å². The van der Waals surface area contributed by atoms with Gasteiger partial charge in [0.15, 0.2) is 5.78 Å². The highest BCUT2D eigenvalue weighted by atomic mass is 16.6. The summed E-state index contributed by atoms with van der Waals surface area (Å²) in [5.74, 6) is -7.55. The molecule has 13 nitrogen and oxygen atoms in total. The fraction of sp³-hybridized carbons (Fsp3) is 0.745. The first kappa shape index (κ1) is 53.3. The summed E-state index contributed by atoms with van der Waals surface area (Å²) in [5.41, 5.74) is 1.28. The molecule has 0 aromatic rings. The Morgan fingerprint density at radius 3 is 2.25 bits per heavy atom. The first-order chi connectivity index (χ1) is 30.2. The van der Waals surface area contributed by atoms with Gasteiger partial charge in [0.2, 0.25) is 5.79 Å². The number of methoxy groups -OCH3 is 2. The zero-order valence-electron chi connectivity index (χ0n) is 40.2. The van der Waals surface area contributed by atoms with E-state index in [1.807, 2.05) is 65.0 Å². The number of rotatable bonds is 5. The number of aliphatic hydroxyl groups excluding tert-OH is 2. The predicted octanol–water partition coefficient (Wildman–Crippen LogP) is 6.80. The third-order valence-corrected chi connectivity index (χ3v) is 14.5. The van der Waals surface area contributed by atoms with Crippen LogP contribution in [-0.2, 0) is 42.9 Å². The number of piperidine rings is 1. The molecule has 0 aromatic carbocycles. The molecule has 1 aliphatic carbocycles. The topological polar surface area (TPSA) is 186 Å². The van der Waals surface area contributed by atoms with Crippen molar-refractivity contribution in [3.63, 3.8) is 0 Å². The Balaban J connectivity index is 1.70. The lowest BCUT2D eigenvalue weighted by atomic mass is 9.75. The number of Topliss-reactive ketones (excluding diaryl/α,β-unsaturated/α-hetero) is 3. The van der Waals surface area contributed by atoms with Crippen molar-refractivity contribution in [2.75, 3.05) is 20.8 Å². The van der Waals surface area contributed by atoms with E-state index in [-0.39, 0.29) is 60.7 Å². The van der Waals surface area contributed by atoms with E-state index in [4.69, 9.17) is 18.9 Å². The van der Waals surface area contributed by atoms with Crippen LogP contribution in [0, 0.1) is 41.4 Å². The highest BCUT2D eigenvalue weighted by Gasteiger charge is 2.53. The largest absolute Gasteiger partial charge is 0.460 e. The van der Waals surface area contributed by atoms with Gasteiger partial charge in [-0.1, -0.05) is 78.0 Å². The summed E-state index contributed by atoms with van der Waals surface area (Å²) in [7, 11) is 2.96. The van der Waals surface area contributed by atoms with E-state index >= 15 is 0 Å². The number of fused-ring (bicyclic) bond motifs is 3. The molecule has 360 valence electrons. The van der Waals surface area contributed by atoms with Crippen LogP contribution in [0.3, 0.4) is 0 Å². The first-order valence-corrected chi connectivity index (χ1v) is 23.9. The van der Waals surface area contributed by atoms with Crippen LogP contribution in [0.25, 0.3) is 0 Å². The van der Waals surface area contributed by atoms with Gasteiger partial charge >= 0.3 is 5.97 Å². The highest BCUT2D eigenvalue weighted by Crippen LogP contribution is 2.38. The van der Waals surface area contributed by atoms with Gasteiger partial charge in [-0.2, -0.15) is 0 Å². The monoisotopic (exact) mass is 898 g/mol. The SMILES string of the molecule is CO[C@H]1C[C@@H]2CC[C@@H](C)[C@@](O)(O2)C(=O)C(=O)N2CCCC[C@H]2C(=O)O[C@H]([C@H](C)CC2CC[C@@H](O)[C@H](C)C2)CC(=O)[C@H](C)/C=C(\C)[C@@H](O)[C@@H](OC)C(=O)[C@H](C)C[C@H](C)/C=C/C=CC=C1C. The maximum absolute atomic E-state index is 14.3. The summed E-state index contributed by atoms with van der Waals surface area (Å²) in [6.07, 6.45) is 12.4. The molecule has 2 saturated heterocycles. The average Bonchev–Trinajstić information content (AvgIpc) is 3.26. The molecule has 3 N–H and O–H groups in total. The second kappa shape index (κ2) is 24.4. The Kier molecular flexibility index (Phi) is 20.4. The van der Waals surface area contributed by atoms with Gasteiger partial charge < -0.3 is 39.2 Å². The van der Waals surface area contributed by atoms with E-state index < -0.39 is 77.8 Å². The number of amides is 1. The molecule has 3 aliphatic heterocycles. The molecule has 2 bridgehead atoms. The molecule has 1 amide bonds. The summed E-state index contributed by atoms with van der Waals surface area (Å²) in [6.45, 7) is 14.8. The summed E-state index contributed by atoms with van der Waals surface area (Å²) in [4.78, 5) is 71.7. The lowest BCUT2D eigenvalue weighted by molar-refractivity contribution is -0.265. The van der Waals surface area contributed by atoms with E-state index in [0.29, 0.717) is 56.9 Å². The van der Waals surface area contributed by atoms with Gasteiger partial charge in [0.05, 0.1) is 18.3 Å². The van der Waals surface area contributed by atoms with Crippen LogP contribution in [0.4, 0.5) is 0 Å². The average molecular weight is 898 g/mol. The molecule has 13 heteroatoms. The van der Waals surface area contributed by atoms with Gasteiger partial charge in [-0.3, -0.25) is 19.2 Å². The molecular formula is C51H79NO12. The number of ether oxygens (including phenoxy) is 4. The van der Waals surface area contributed by atoms with Crippen molar-refractivity contribution < 1.29 is 58.2 Å². The lowest BCUT2D eigenvalue weighted by Gasteiger charge is -2.42. The van der Waals surface area contributed by atoms with Crippen molar-refractivity contribution in [2.24, 2.45) is 41.4 Å². The van der Waals surface area contributed by atoms with Crippen LogP contribution in [0.5, 0.6) is 0 Å². The minimum absolute atomic E-state index is 0.0258. The molecule has 64 heavy (non-hydrogen) atoms. The van der Waals surface area contributed by atoms with E-state index in [1.54, 1.807) is 34.0 Å². The van der Waals surface area contributed by atoms with Crippen LogP contribution in [0.2, 0.25) is 0 Å². The molecular weight excluding hydrogens is 819 g/mol. The maximum atomic E-state index is 14.3. The Morgan fingerprint density at radius 1 is 0.859 bits per heavy atom. The fourth-order valence-electron chi connectivity index (χ4n) is 10.2. The number of carbonyl (C=O) groups excluding carboxylic acids is 5. The van der Waals surface area contributed by atoms with Gasteiger partial charge in [-0.15, -0.1) is 0 Å². The van der Waals surface area contributed by atoms with Crippen molar-refractivity contribution in [1.82, 2.24) is 4.90 Å². The summed E-state index contributed by atoms with van der Waals surface area (Å²) >= 11 is 0. The number of allylic oxidation sites excluding steroid dienone is 6. The minimum Gasteiger partial charge on any atom is -0.460 e. The summed E-state index contributed by atoms with van der Waals surface area (Å²) in [5, 5.41) is 33.8. The minimum atomic E-state index is -2.42. The number of cyclic esters (lactones) is 1. The molecule has 4 aliphatic rings. The normalized spacial score (nSPS) is 39.5. The number of carbonyl (C=O) groups is 5. The highest BCUT2D eigenvalue weighted by molar-refractivity contribution is 6.39. The molecule has 3 heterocycles. The molecule has 4 rings (SSSR count). The van der Waals surface area contributed by atoms with Crippen molar-refractivity contribution in [1.29, 1.82) is 0 Å². The summed E-state index contributed by atoms with van der Waals surface area (Å²) < 4.78 is 23.8. The van der Waals surface area contributed by atoms with Gasteiger partial charge in [0.25, 0.3) is 11.7 Å². The number of esters is 1. The summed E-state index contributed by atoms with van der Waals surface area (Å²) in [6, 6.07) is -1.12. The van der Waals surface area contributed by atoms with Crippen LogP contribution < -0.4 is 0 Å². The molecule has 1 saturated carbocycles. The fourth-order valence-corrected chi connectivity index (χ4v) is 10.2. The number of aliphatic hydroxyl groups is 3. The molecule has 0 aromatic heterocycles. The molecule has 15 atom stereocenters. The van der Waals surface area contributed by atoms with E-state index in [2.05, 4.69) is 0 Å². The molecule has 0 radical (unpaired) electrons. The maximum Gasteiger partial charge on any atom is 0.329 e. The third-order valence-electron chi connectivity index (χ3n) is 14.5. The molecule has 3 fully saturated rings. The molecule has 1 unspecified atom stereocenters. The van der Waals surface area contributed by atoms with Crippen molar-refractivity contribution in [2.45, 2.75) is 181 Å². The number of ketones is 3. The Morgan fingerprint density at radius 2 is 1.58 bits per heavy atom. The first-order valence-electron chi connectivity index (χ1n) is 23.9. The Bertz CT molecular complexity index is 1740. The molecule has 0 spiro atoms. The van der Waals surface area contributed by atoms with E-state index in [1.165, 1.54) is 12.0 Å². The van der Waals surface area contributed by atoms with E-state index in [9.17, 15) is 39.3 Å². The second-order valence-corrected chi connectivity index (χ2v) is 19.8. The zero-order chi connectivity index (χ0) is 47.5. The smallest absolute Gasteiger partial charge is 0.329 e. The number of hydrogen-bond donors (Lipinski definition) is 3. The van der Waals surface area contributed by atoms with E-state index in [0.717, 1.165) is 18.4 Å². The predicted molar refractivity (Wildman–Crippen MR) is 244 cm³/mol. The van der Waals surface area contributed by atoms with Crippen molar-refractivity contribution >= 4 is 29.2 Å². The van der Waals surface area contributed by atoms with Crippen LogP contribution in [-0.4, -0.2) is 119 Å². The van der Waals surface area contributed by atoms with Gasteiger partial charge in [0.1, 0.15) is 30.1 Å². The number of hydrogen-bond acceptors (Lipinski definition) is 12. The van der Waals surface area contributed by atoms with Crippen LogP contribution in [0.1, 0.15) is 132 Å². The van der Waals surface area contributed by atoms with Gasteiger partial charge in [0, 0.05) is 51.4 Å². The van der Waals surface area contributed by atoms with Gasteiger partial charge in [-0.25, -0.2) is 4.79 Å². The zero-order valence-corrected chi connectivity index (χ0v) is 40.2. The van der Waals surface area contributed by atoms with Gasteiger partial charge in [-0.05, 0) is 113 Å². The quantitative estimate of drug-likeness (QED) is 0.149. The Labute approximate surface area is 382 Å². The standard InChI is InChI=1S/C51H79NO12/c1-30-16-12-11-13-17-31(2)43(61-9)28-39-21-19-37(8)51(60,64-39)48(57)49(58)52-23-15-14-18-40(52)50(59)63-44(34(5)27-38-20-22-41(53)33(4)26-38)29-42(54)32(3)25-36(7)46(56)47(62-10)45(55)35(6)24-30/h11-13,16-17,25,30,32-35,37-41,43-44,46-47,53,56,60H,14-15,18-24,26-29H2,1-10H3/b13-11?,16-12+,31-17?,36-25+/t30-,32-,33-,34-,35-,37-,38?,39+,40+,41-,43+,44+,46-,47+,51-/m1/s1. The lowest BCUT2D eigenvalue weighted by Crippen LogP contribution is -2.61. The van der Waals surface area contributed by atoms with Crippen LogP contribution in [0.15, 0.2) is 47.6 Å². The van der Waals surface area contributed by atoms with Crippen molar-refractivity contribution in [3.05, 3.63) is 47.6 Å².